The Morgan fingerprint density at radius 3 is 2.61 bits per heavy atom. The Morgan fingerprint density at radius 1 is 0.870 bits per heavy atom. The van der Waals surface area contributed by atoms with Crippen LogP contribution in [-0.4, -0.2) is 61.6 Å². The Kier molecular flexibility index (Phi) is 7.77. The molecule has 0 spiro atoms. The Balaban J connectivity index is 0.974. The third kappa shape index (κ3) is 5.79. The maximum Gasteiger partial charge on any atom is 0.257 e. The van der Waals surface area contributed by atoms with Crippen molar-refractivity contribution in [3.8, 4) is 16.9 Å². The zero-order valence-electron chi connectivity index (χ0n) is 25.7. The molecule has 3 aliphatic heterocycles. The first kappa shape index (κ1) is 28.6. The van der Waals surface area contributed by atoms with Crippen LogP contribution in [0.4, 0.5) is 22.7 Å². The molecule has 5 heterocycles. The lowest BCUT2D eigenvalue weighted by Crippen LogP contribution is -2.36. The van der Waals surface area contributed by atoms with E-state index in [0.29, 0.717) is 18.1 Å². The first-order valence-corrected chi connectivity index (χ1v) is 16.1. The molecule has 2 saturated heterocycles. The SMILES string of the molecule is O=C1Nc2cc(CCOc3ccc(N4CCOCC4)cc3)ccc2Nc2cc(-c3cn(CC4CCOC4)c4cnccc34)ccc21. The molecule has 46 heavy (non-hydrogen) atoms. The van der Waals surface area contributed by atoms with Crippen LogP contribution in [0.15, 0.2) is 85.3 Å². The average Bonchev–Trinajstić information content (AvgIpc) is 3.72. The van der Waals surface area contributed by atoms with Gasteiger partial charge in [-0.2, -0.15) is 0 Å². The summed E-state index contributed by atoms with van der Waals surface area (Å²) in [6.07, 6.45) is 7.78. The number of hydrogen-bond donors (Lipinski definition) is 2. The van der Waals surface area contributed by atoms with Crippen LogP contribution in [0.3, 0.4) is 0 Å². The van der Waals surface area contributed by atoms with Crippen molar-refractivity contribution in [3.05, 3.63) is 96.4 Å². The number of nitrogens with one attached hydrogen (secondary N) is 2. The van der Waals surface area contributed by atoms with Gasteiger partial charge in [0, 0.05) is 67.6 Å². The van der Waals surface area contributed by atoms with Crippen LogP contribution in [0.1, 0.15) is 22.3 Å². The van der Waals surface area contributed by atoms with Crippen LogP contribution in [0.5, 0.6) is 5.75 Å². The number of hydrogen-bond acceptors (Lipinski definition) is 7. The lowest BCUT2D eigenvalue weighted by Gasteiger charge is -2.28. The van der Waals surface area contributed by atoms with Crippen molar-refractivity contribution in [1.29, 1.82) is 0 Å². The third-order valence-corrected chi connectivity index (χ3v) is 9.21. The summed E-state index contributed by atoms with van der Waals surface area (Å²) in [6.45, 7) is 6.42. The second kappa shape index (κ2) is 12.5. The number of carbonyl (C=O) groups is 1. The number of aromatic nitrogens is 2. The highest BCUT2D eigenvalue weighted by Crippen LogP contribution is 2.38. The summed E-state index contributed by atoms with van der Waals surface area (Å²) < 4.78 is 19.4. The zero-order valence-corrected chi connectivity index (χ0v) is 25.7. The molecule has 2 aromatic heterocycles. The van der Waals surface area contributed by atoms with Gasteiger partial charge in [-0.25, -0.2) is 0 Å². The molecule has 1 amide bonds. The number of anilines is 4. The summed E-state index contributed by atoms with van der Waals surface area (Å²) in [4.78, 5) is 20.1. The van der Waals surface area contributed by atoms with Crippen LogP contribution in [-0.2, 0) is 22.4 Å². The maximum atomic E-state index is 13.4. The molecule has 234 valence electrons. The molecule has 3 aromatic carbocycles. The van der Waals surface area contributed by atoms with Gasteiger partial charge in [-0.05, 0) is 72.1 Å². The first-order valence-electron chi connectivity index (χ1n) is 16.1. The second-order valence-corrected chi connectivity index (χ2v) is 12.2. The molecule has 0 aliphatic carbocycles. The summed E-state index contributed by atoms with van der Waals surface area (Å²) in [5.74, 6) is 1.22. The van der Waals surface area contributed by atoms with E-state index in [1.807, 2.05) is 48.8 Å². The molecule has 3 aliphatic rings. The Morgan fingerprint density at radius 2 is 1.76 bits per heavy atom. The molecule has 8 rings (SSSR count). The van der Waals surface area contributed by atoms with Gasteiger partial charge in [-0.15, -0.1) is 0 Å². The summed E-state index contributed by atoms with van der Waals surface area (Å²) in [5.41, 5.74) is 8.57. The Hall–Kier alpha value is -4.86. The maximum absolute atomic E-state index is 13.4. The van der Waals surface area contributed by atoms with Crippen molar-refractivity contribution in [2.24, 2.45) is 5.92 Å². The van der Waals surface area contributed by atoms with Gasteiger partial charge in [0.2, 0.25) is 0 Å². The van der Waals surface area contributed by atoms with Gasteiger partial charge in [0.1, 0.15) is 5.75 Å². The minimum absolute atomic E-state index is 0.130. The summed E-state index contributed by atoms with van der Waals surface area (Å²) in [7, 11) is 0. The highest BCUT2D eigenvalue weighted by atomic mass is 16.5. The number of rotatable bonds is 8. The number of amides is 1. The van der Waals surface area contributed by atoms with Gasteiger partial charge < -0.3 is 34.3 Å². The molecule has 0 bridgehead atoms. The van der Waals surface area contributed by atoms with E-state index in [1.165, 1.54) is 5.69 Å². The fourth-order valence-corrected chi connectivity index (χ4v) is 6.69. The van der Waals surface area contributed by atoms with Gasteiger partial charge >= 0.3 is 0 Å². The molecular formula is C37H37N5O4. The van der Waals surface area contributed by atoms with Gasteiger partial charge in [0.05, 0.1) is 60.8 Å². The number of morpholine rings is 1. The molecule has 5 aromatic rings. The first-order chi connectivity index (χ1) is 22.7. The predicted molar refractivity (Wildman–Crippen MR) is 180 cm³/mol. The van der Waals surface area contributed by atoms with Crippen LogP contribution >= 0.6 is 0 Å². The predicted octanol–water partition coefficient (Wildman–Crippen LogP) is 6.51. The number of fused-ring (bicyclic) bond motifs is 3. The highest BCUT2D eigenvalue weighted by molar-refractivity contribution is 6.13. The number of carbonyl (C=O) groups excluding carboxylic acids is 1. The van der Waals surface area contributed by atoms with Crippen LogP contribution in [0.2, 0.25) is 0 Å². The van der Waals surface area contributed by atoms with Crippen LogP contribution < -0.4 is 20.3 Å². The normalized spacial score (nSPS) is 17.6. The summed E-state index contributed by atoms with van der Waals surface area (Å²) >= 11 is 0. The largest absolute Gasteiger partial charge is 0.493 e. The molecule has 1 unspecified atom stereocenters. The van der Waals surface area contributed by atoms with E-state index in [4.69, 9.17) is 14.2 Å². The quantitative estimate of drug-likeness (QED) is 0.206. The smallest absolute Gasteiger partial charge is 0.257 e. The highest BCUT2D eigenvalue weighted by Gasteiger charge is 2.22. The van der Waals surface area contributed by atoms with Crippen LogP contribution in [0.25, 0.3) is 22.0 Å². The minimum atomic E-state index is -0.130. The van der Waals surface area contributed by atoms with Crippen molar-refractivity contribution in [2.45, 2.75) is 19.4 Å². The summed E-state index contributed by atoms with van der Waals surface area (Å²) in [5, 5.41) is 7.80. The van der Waals surface area contributed by atoms with Crippen molar-refractivity contribution >= 4 is 39.6 Å². The standard InChI is InChI=1S/C37H37N5O4/c43-37-31-7-2-27(32-23-42(22-26-10-15-45-24-26)36-21-38-12-9-30(32)36)20-34(31)39-33-8-1-25(19-35(33)40-37)11-16-46-29-5-3-28(4-6-29)41-13-17-44-18-14-41/h1-9,12,19-21,23,26,39H,10-11,13-18,22,24H2,(H,40,43). The number of nitrogens with zero attached hydrogens (tertiary/aromatic N) is 3. The van der Waals surface area contributed by atoms with Gasteiger partial charge in [-0.3, -0.25) is 9.78 Å². The van der Waals surface area contributed by atoms with E-state index >= 15 is 0 Å². The monoisotopic (exact) mass is 615 g/mol. The molecule has 2 N–H and O–H groups in total. The molecule has 2 fully saturated rings. The topological polar surface area (TPSA) is 89.9 Å². The van der Waals surface area contributed by atoms with Gasteiger partial charge in [0.25, 0.3) is 5.91 Å². The van der Waals surface area contributed by atoms with E-state index in [-0.39, 0.29) is 5.91 Å². The zero-order chi connectivity index (χ0) is 30.9. The molecule has 1 atom stereocenters. The van der Waals surface area contributed by atoms with Crippen molar-refractivity contribution in [2.75, 3.05) is 61.7 Å². The van der Waals surface area contributed by atoms with Crippen molar-refractivity contribution < 1.29 is 19.0 Å². The lowest BCUT2D eigenvalue weighted by atomic mass is 10.0. The lowest BCUT2D eigenvalue weighted by molar-refractivity contribution is 0.102. The molecule has 9 nitrogen and oxygen atoms in total. The Bertz CT molecular complexity index is 1870. The van der Waals surface area contributed by atoms with E-state index in [1.54, 1.807) is 0 Å². The van der Waals surface area contributed by atoms with Gasteiger partial charge in [-0.1, -0.05) is 12.1 Å². The minimum Gasteiger partial charge on any atom is -0.493 e. The molecule has 0 saturated carbocycles. The molecular weight excluding hydrogens is 578 g/mol. The summed E-state index contributed by atoms with van der Waals surface area (Å²) in [6, 6.07) is 22.5. The van der Waals surface area contributed by atoms with E-state index < -0.39 is 0 Å². The second-order valence-electron chi connectivity index (χ2n) is 12.2. The van der Waals surface area contributed by atoms with E-state index in [2.05, 4.69) is 61.6 Å². The van der Waals surface area contributed by atoms with Crippen molar-refractivity contribution in [3.63, 3.8) is 0 Å². The van der Waals surface area contributed by atoms with Gasteiger partial charge in [0.15, 0.2) is 0 Å². The number of ether oxygens (including phenoxy) is 3. The fourth-order valence-electron chi connectivity index (χ4n) is 6.69. The van der Waals surface area contributed by atoms with Crippen molar-refractivity contribution in [1.82, 2.24) is 9.55 Å². The third-order valence-electron chi connectivity index (χ3n) is 9.21. The number of benzene rings is 3. The van der Waals surface area contributed by atoms with E-state index in [9.17, 15) is 4.79 Å². The number of pyridine rings is 1. The Labute approximate surface area is 268 Å². The van der Waals surface area contributed by atoms with Crippen LogP contribution in [0, 0.1) is 5.92 Å². The molecule has 0 radical (unpaired) electrons. The van der Waals surface area contributed by atoms with E-state index in [0.717, 1.165) is 109 Å². The average molecular weight is 616 g/mol. The fraction of sp³-hybridized carbons (Fsp3) is 0.297. The molecule has 9 heteroatoms.